The van der Waals surface area contributed by atoms with Crippen molar-refractivity contribution in [2.45, 2.75) is 33.2 Å². The normalized spacial score (nSPS) is 10.8. The highest BCUT2D eigenvalue weighted by Crippen LogP contribution is 2.14. The molecule has 24 heavy (non-hydrogen) atoms. The molecule has 7 nitrogen and oxygen atoms in total. The first-order valence-corrected chi connectivity index (χ1v) is 8.02. The molecule has 7 heteroatoms. The topological polar surface area (TPSA) is 93.1 Å². The Balaban J connectivity index is 2.34. The summed E-state index contributed by atoms with van der Waals surface area (Å²) >= 11 is 0. The molecule has 1 aromatic heterocycles. The summed E-state index contributed by atoms with van der Waals surface area (Å²) in [7, 11) is 0. The zero-order valence-corrected chi connectivity index (χ0v) is 14.1. The Labute approximate surface area is 140 Å². The maximum Gasteiger partial charge on any atom is 0.274 e. The Bertz CT molecular complexity index is 811. The van der Waals surface area contributed by atoms with Crippen LogP contribution in [0.25, 0.3) is 10.8 Å². The van der Waals surface area contributed by atoms with Crippen LogP contribution in [0, 0.1) is 0 Å². The summed E-state index contributed by atoms with van der Waals surface area (Å²) in [6.07, 6.45) is 0.825. The van der Waals surface area contributed by atoms with Gasteiger partial charge in [0.05, 0.1) is 18.0 Å². The van der Waals surface area contributed by atoms with Crippen LogP contribution in [-0.2, 0) is 4.79 Å². The van der Waals surface area contributed by atoms with Crippen molar-refractivity contribution < 1.29 is 9.59 Å². The van der Waals surface area contributed by atoms with Crippen LogP contribution in [0.15, 0.2) is 29.1 Å². The third-order valence-electron chi connectivity index (χ3n) is 3.51. The molecule has 2 amide bonds. The monoisotopic (exact) mass is 330 g/mol. The molecular formula is C17H22N4O3. The molecule has 0 spiro atoms. The van der Waals surface area contributed by atoms with Gasteiger partial charge in [-0.1, -0.05) is 25.1 Å². The van der Waals surface area contributed by atoms with Crippen LogP contribution in [0.1, 0.15) is 43.7 Å². The molecule has 0 aliphatic carbocycles. The van der Waals surface area contributed by atoms with E-state index in [-0.39, 0.29) is 29.7 Å². The molecule has 0 aliphatic rings. The predicted octanol–water partition coefficient (Wildman–Crippen LogP) is 1.23. The van der Waals surface area contributed by atoms with Crippen LogP contribution in [-0.4, -0.2) is 34.7 Å². The highest BCUT2D eigenvalue weighted by molar-refractivity contribution is 6.05. The maximum absolute atomic E-state index is 12.5. The first kappa shape index (κ1) is 17.7. The van der Waals surface area contributed by atoms with Gasteiger partial charge in [0.25, 0.3) is 11.5 Å². The van der Waals surface area contributed by atoms with Crippen LogP contribution in [0.5, 0.6) is 0 Å². The number of hydrogen-bond donors (Lipinski definition) is 2. The molecule has 0 unspecified atom stereocenters. The first-order valence-electron chi connectivity index (χ1n) is 8.02. The molecule has 128 valence electrons. The molecule has 0 atom stereocenters. The smallest absolute Gasteiger partial charge is 0.274 e. The van der Waals surface area contributed by atoms with Crippen LogP contribution in [0.4, 0.5) is 0 Å². The van der Waals surface area contributed by atoms with Gasteiger partial charge in [0.2, 0.25) is 5.91 Å². The summed E-state index contributed by atoms with van der Waals surface area (Å²) in [4.78, 5) is 36.5. The molecule has 0 radical (unpaired) electrons. The minimum Gasteiger partial charge on any atom is -0.355 e. The van der Waals surface area contributed by atoms with Gasteiger partial charge in [-0.2, -0.15) is 5.10 Å². The average Bonchev–Trinajstić information content (AvgIpc) is 2.58. The minimum atomic E-state index is -0.479. The third-order valence-corrected chi connectivity index (χ3v) is 3.51. The van der Waals surface area contributed by atoms with Crippen LogP contribution >= 0.6 is 0 Å². The number of carbonyl (C=O) groups is 2. The number of nitrogens with one attached hydrogen (secondary N) is 2. The van der Waals surface area contributed by atoms with Crippen molar-refractivity contribution in [2.24, 2.45) is 0 Å². The van der Waals surface area contributed by atoms with Crippen LogP contribution in [0.2, 0.25) is 0 Å². The van der Waals surface area contributed by atoms with E-state index < -0.39 is 5.91 Å². The fourth-order valence-corrected chi connectivity index (χ4v) is 2.30. The van der Waals surface area contributed by atoms with E-state index in [2.05, 4.69) is 15.7 Å². The number of nitrogens with zero attached hydrogens (tertiary/aromatic N) is 2. The van der Waals surface area contributed by atoms with Crippen molar-refractivity contribution in [1.82, 2.24) is 20.4 Å². The second-order valence-electron chi connectivity index (χ2n) is 5.77. The molecule has 0 aliphatic heterocycles. The predicted molar refractivity (Wildman–Crippen MR) is 92.0 cm³/mol. The van der Waals surface area contributed by atoms with Gasteiger partial charge in [0.1, 0.15) is 0 Å². The number of rotatable bonds is 6. The third kappa shape index (κ3) is 3.79. The van der Waals surface area contributed by atoms with E-state index in [0.29, 0.717) is 17.3 Å². The zero-order valence-electron chi connectivity index (χ0n) is 14.1. The Morgan fingerprint density at radius 1 is 1.17 bits per heavy atom. The van der Waals surface area contributed by atoms with Gasteiger partial charge in [0, 0.05) is 11.9 Å². The molecule has 0 saturated heterocycles. The Hall–Kier alpha value is -2.70. The average molecular weight is 330 g/mol. The van der Waals surface area contributed by atoms with E-state index in [1.54, 1.807) is 24.3 Å². The second-order valence-corrected chi connectivity index (χ2v) is 5.77. The van der Waals surface area contributed by atoms with Crippen molar-refractivity contribution in [3.05, 3.63) is 40.3 Å². The SMILES string of the molecule is CCCNC(=O)CNC(=O)c1nn(C(C)C)c(=O)c2ccccc12. The summed E-state index contributed by atoms with van der Waals surface area (Å²) in [6.45, 7) is 6.03. The van der Waals surface area contributed by atoms with Gasteiger partial charge < -0.3 is 10.6 Å². The largest absolute Gasteiger partial charge is 0.355 e. The summed E-state index contributed by atoms with van der Waals surface area (Å²) in [6, 6.07) is 6.66. The summed E-state index contributed by atoms with van der Waals surface area (Å²) in [5, 5.41) is 10.4. The first-order chi connectivity index (χ1) is 11.5. The maximum atomic E-state index is 12.5. The summed E-state index contributed by atoms with van der Waals surface area (Å²) in [5.74, 6) is -0.737. The summed E-state index contributed by atoms with van der Waals surface area (Å²) < 4.78 is 1.29. The lowest BCUT2D eigenvalue weighted by molar-refractivity contribution is -0.120. The van der Waals surface area contributed by atoms with E-state index in [4.69, 9.17) is 0 Å². The number of fused-ring (bicyclic) bond motifs is 1. The quantitative estimate of drug-likeness (QED) is 0.833. The van der Waals surface area contributed by atoms with Gasteiger partial charge in [0.15, 0.2) is 5.69 Å². The Morgan fingerprint density at radius 3 is 2.46 bits per heavy atom. The van der Waals surface area contributed by atoms with Crippen LogP contribution in [0.3, 0.4) is 0 Å². The molecule has 2 aromatic rings. The number of benzene rings is 1. The molecule has 2 N–H and O–H groups in total. The molecule has 0 fully saturated rings. The zero-order chi connectivity index (χ0) is 17.7. The van der Waals surface area contributed by atoms with Crippen molar-refractivity contribution in [2.75, 3.05) is 13.1 Å². The second kappa shape index (κ2) is 7.72. The number of carbonyl (C=O) groups excluding carboxylic acids is 2. The van der Waals surface area contributed by atoms with Gasteiger partial charge in [-0.3, -0.25) is 14.4 Å². The van der Waals surface area contributed by atoms with Crippen molar-refractivity contribution in [3.63, 3.8) is 0 Å². The molecule has 0 bridgehead atoms. The van der Waals surface area contributed by atoms with E-state index in [1.165, 1.54) is 4.68 Å². The van der Waals surface area contributed by atoms with Crippen molar-refractivity contribution in [1.29, 1.82) is 0 Å². The van der Waals surface area contributed by atoms with Gasteiger partial charge in [-0.15, -0.1) is 0 Å². The van der Waals surface area contributed by atoms with Gasteiger partial charge in [-0.05, 0) is 26.3 Å². The van der Waals surface area contributed by atoms with Crippen molar-refractivity contribution in [3.8, 4) is 0 Å². The fraction of sp³-hybridized carbons (Fsp3) is 0.412. The lowest BCUT2D eigenvalue weighted by atomic mass is 10.1. The van der Waals surface area contributed by atoms with E-state index in [9.17, 15) is 14.4 Å². The lowest BCUT2D eigenvalue weighted by Crippen LogP contribution is -2.38. The molecule has 1 heterocycles. The fourth-order valence-electron chi connectivity index (χ4n) is 2.30. The van der Waals surface area contributed by atoms with Crippen LogP contribution < -0.4 is 16.2 Å². The number of aromatic nitrogens is 2. The van der Waals surface area contributed by atoms with E-state index in [0.717, 1.165) is 6.42 Å². The Morgan fingerprint density at radius 2 is 1.83 bits per heavy atom. The standard InChI is InChI=1S/C17H22N4O3/c1-4-9-18-14(22)10-19-16(23)15-12-7-5-6-8-13(12)17(24)21(20-15)11(2)3/h5-8,11H,4,9-10H2,1-3H3,(H,18,22)(H,19,23). The molecular weight excluding hydrogens is 308 g/mol. The highest BCUT2D eigenvalue weighted by Gasteiger charge is 2.18. The molecule has 2 rings (SSSR count). The lowest BCUT2D eigenvalue weighted by Gasteiger charge is -2.13. The highest BCUT2D eigenvalue weighted by atomic mass is 16.2. The van der Waals surface area contributed by atoms with Crippen molar-refractivity contribution >= 4 is 22.6 Å². The Kier molecular flexibility index (Phi) is 5.68. The molecule has 1 aromatic carbocycles. The van der Waals surface area contributed by atoms with E-state index >= 15 is 0 Å². The molecule has 0 saturated carbocycles. The summed E-state index contributed by atoms with van der Waals surface area (Å²) in [5.41, 5.74) is -0.0972. The number of hydrogen-bond acceptors (Lipinski definition) is 4. The van der Waals surface area contributed by atoms with Gasteiger partial charge in [-0.25, -0.2) is 4.68 Å². The van der Waals surface area contributed by atoms with E-state index in [1.807, 2.05) is 20.8 Å². The van der Waals surface area contributed by atoms with Gasteiger partial charge >= 0.3 is 0 Å². The number of amides is 2. The minimum absolute atomic E-state index is 0.129.